The first-order valence-electron chi connectivity index (χ1n) is 4.97. The highest BCUT2D eigenvalue weighted by molar-refractivity contribution is 7.46. The summed E-state index contributed by atoms with van der Waals surface area (Å²) in [6, 6.07) is 0. The molecule has 0 aromatic heterocycles. The Morgan fingerprint density at radius 1 is 1.00 bits per heavy atom. The van der Waals surface area contributed by atoms with Crippen molar-refractivity contribution in [2.24, 2.45) is 0 Å². The van der Waals surface area contributed by atoms with Crippen LogP contribution >= 0.6 is 42.6 Å². The van der Waals surface area contributed by atoms with Gasteiger partial charge in [-0.05, 0) is 19.3 Å². The van der Waals surface area contributed by atoms with E-state index in [1.54, 1.807) is 0 Å². The molecule has 0 bridgehead atoms. The van der Waals surface area contributed by atoms with Crippen molar-refractivity contribution in [3.8, 4) is 0 Å². The third-order valence-electron chi connectivity index (χ3n) is 1.86. The lowest BCUT2D eigenvalue weighted by Crippen LogP contribution is -2.00. The summed E-state index contributed by atoms with van der Waals surface area (Å²) in [4.78, 5) is 16.8. The fourth-order valence-electron chi connectivity index (χ4n) is 1.14. The molecule has 2 N–H and O–H groups in total. The van der Waals surface area contributed by atoms with Crippen LogP contribution in [0.1, 0.15) is 38.5 Å². The fraction of sp³-hybridized carbons (Fsp3) is 1.00. The van der Waals surface area contributed by atoms with E-state index in [9.17, 15) is 4.57 Å². The number of unbranched alkanes of at least 4 members (excludes halogenated alkanes) is 4. The number of hydrogen-bond acceptors (Lipinski definition) is 2. The molecule has 8 heteroatoms. The standard InChI is InChI=1S/C8H16Cl3O4P/c9-8(10,11)6-4-2-1-3-5-7-15-16(12,13)14/h1-7H2,(H2,12,13,14). The zero-order valence-electron chi connectivity index (χ0n) is 8.74. The van der Waals surface area contributed by atoms with Crippen LogP contribution in [0.3, 0.4) is 0 Å². The van der Waals surface area contributed by atoms with Gasteiger partial charge in [0.05, 0.1) is 6.61 Å². The molecule has 0 atom stereocenters. The third kappa shape index (κ3) is 15.0. The van der Waals surface area contributed by atoms with Crippen molar-refractivity contribution in [1.82, 2.24) is 0 Å². The quantitative estimate of drug-likeness (QED) is 0.406. The monoisotopic (exact) mass is 312 g/mol. The summed E-state index contributed by atoms with van der Waals surface area (Å²) in [5.41, 5.74) is 0. The van der Waals surface area contributed by atoms with Gasteiger partial charge in [0.15, 0.2) is 3.79 Å². The van der Waals surface area contributed by atoms with Gasteiger partial charge in [0.1, 0.15) is 0 Å². The van der Waals surface area contributed by atoms with E-state index < -0.39 is 11.6 Å². The highest BCUT2D eigenvalue weighted by Crippen LogP contribution is 2.36. The summed E-state index contributed by atoms with van der Waals surface area (Å²) in [6.45, 7) is 0.0781. The minimum Gasteiger partial charge on any atom is -0.303 e. The first kappa shape index (κ1) is 17.0. The lowest BCUT2D eigenvalue weighted by atomic mass is 10.1. The van der Waals surface area contributed by atoms with E-state index in [1.807, 2.05) is 0 Å². The molecule has 0 unspecified atom stereocenters. The van der Waals surface area contributed by atoms with Crippen molar-refractivity contribution in [3.63, 3.8) is 0 Å². The molecule has 0 radical (unpaired) electrons. The fourth-order valence-corrected chi connectivity index (χ4v) is 1.91. The minimum atomic E-state index is -4.30. The Balaban J connectivity index is 3.20. The summed E-state index contributed by atoms with van der Waals surface area (Å²) in [5, 5.41) is 0. The number of phosphoric acid groups is 1. The molecule has 0 aliphatic heterocycles. The molecule has 0 saturated carbocycles. The van der Waals surface area contributed by atoms with Crippen molar-refractivity contribution < 1.29 is 18.9 Å². The van der Waals surface area contributed by atoms with Crippen LogP contribution in [-0.4, -0.2) is 20.2 Å². The summed E-state index contributed by atoms with van der Waals surface area (Å²) < 4.78 is 13.4. The zero-order valence-corrected chi connectivity index (χ0v) is 11.9. The van der Waals surface area contributed by atoms with Crippen molar-refractivity contribution >= 4 is 42.6 Å². The van der Waals surface area contributed by atoms with Crippen LogP contribution in [0.5, 0.6) is 0 Å². The van der Waals surface area contributed by atoms with Gasteiger partial charge in [-0.15, -0.1) is 0 Å². The molecule has 0 aliphatic rings. The van der Waals surface area contributed by atoms with Crippen LogP contribution in [0.4, 0.5) is 0 Å². The lowest BCUT2D eigenvalue weighted by molar-refractivity contribution is 0.193. The first-order valence-corrected chi connectivity index (χ1v) is 7.64. The number of hydrogen-bond donors (Lipinski definition) is 2. The van der Waals surface area contributed by atoms with E-state index in [4.69, 9.17) is 44.6 Å². The number of alkyl halides is 3. The molecule has 0 fully saturated rings. The number of rotatable bonds is 8. The maximum Gasteiger partial charge on any atom is 0.469 e. The lowest BCUT2D eigenvalue weighted by Gasteiger charge is -2.09. The van der Waals surface area contributed by atoms with Gasteiger partial charge in [-0.2, -0.15) is 0 Å². The SMILES string of the molecule is O=P(O)(O)OCCCCCCCC(Cl)(Cl)Cl. The van der Waals surface area contributed by atoms with Gasteiger partial charge < -0.3 is 9.79 Å². The molecule has 0 rings (SSSR count). The van der Waals surface area contributed by atoms with Crippen molar-refractivity contribution in [3.05, 3.63) is 0 Å². The number of halogens is 3. The molecule has 98 valence electrons. The Morgan fingerprint density at radius 2 is 1.50 bits per heavy atom. The van der Waals surface area contributed by atoms with Crippen LogP contribution in [0.25, 0.3) is 0 Å². The molecule has 0 aromatic carbocycles. The van der Waals surface area contributed by atoms with Gasteiger partial charge in [-0.1, -0.05) is 54.1 Å². The maximum absolute atomic E-state index is 10.3. The average molecular weight is 314 g/mol. The maximum atomic E-state index is 10.3. The van der Waals surface area contributed by atoms with Crippen LogP contribution in [-0.2, 0) is 9.09 Å². The summed E-state index contributed by atoms with van der Waals surface area (Å²) in [7, 11) is -4.30. The molecular formula is C8H16Cl3O4P. The molecule has 0 aliphatic carbocycles. The molecule has 16 heavy (non-hydrogen) atoms. The molecule has 0 heterocycles. The molecule has 0 saturated heterocycles. The first-order chi connectivity index (χ1) is 7.21. The van der Waals surface area contributed by atoms with E-state index in [1.165, 1.54) is 0 Å². The predicted molar refractivity (Wildman–Crippen MR) is 66.0 cm³/mol. The van der Waals surface area contributed by atoms with E-state index in [-0.39, 0.29) is 6.61 Å². The van der Waals surface area contributed by atoms with Crippen LogP contribution in [0.2, 0.25) is 0 Å². The van der Waals surface area contributed by atoms with E-state index in [0.29, 0.717) is 12.8 Å². The Morgan fingerprint density at radius 3 is 2.00 bits per heavy atom. The van der Waals surface area contributed by atoms with E-state index in [2.05, 4.69) is 4.52 Å². The van der Waals surface area contributed by atoms with Gasteiger partial charge in [-0.25, -0.2) is 4.57 Å². The van der Waals surface area contributed by atoms with Crippen LogP contribution in [0, 0.1) is 0 Å². The smallest absolute Gasteiger partial charge is 0.303 e. The molecule has 4 nitrogen and oxygen atoms in total. The molecular weight excluding hydrogens is 297 g/mol. The Kier molecular flexibility index (Phi) is 8.65. The summed E-state index contributed by atoms with van der Waals surface area (Å²) in [5.74, 6) is 0. The van der Waals surface area contributed by atoms with Gasteiger partial charge >= 0.3 is 7.82 Å². The second-order valence-corrected chi connectivity index (χ2v) is 7.21. The number of phosphoric ester groups is 1. The van der Waals surface area contributed by atoms with E-state index in [0.717, 1.165) is 25.7 Å². The van der Waals surface area contributed by atoms with Gasteiger partial charge in [-0.3, -0.25) is 4.52 Å². The Bertz CT molecular complexity index is 226. The topological polar surface area (TPSA) is 66.8 Å². The Hall–Kier alpha value is 0.980. The zero-order chi connectivity index (χ0) is 12.7. The molecule has 0 aromatic rings. The second kappa shape index (κ2) is 8.15. The van der Waals surface area contributed by atoms with Crippen LogP contribution in [0.15, 0.2) is 0 Å². The van der Waals surface area contributed by atoms with E-state index >= 15 is 0 Å². The van der Waals surface area contributed by atoms with Crippen LogP contribution < -0.4 is 0 Å². The minimum absolute atomic E-state index is 0.0781. The van der Waals surface area contributed by atoms with Crippen molar-refractivity contribution in [2.75, 3.05) is 6.61 Å². The average Bonchev–Trinajstić information content (AvgIpc) is 2.06. The van der Waals surface area contributed by atoms with Gasteiger partial charge in [0.2, 0.25) is 0 Å². The predicted octanol–water partition coefficient (Wildman–Crippen LogP) is 3.81. The third-order valence-corrected chi connectivity index (χ3v) is 2.95. The Labute approximate surface area is 110 Å². The molecule has 0 amide bonds. The molecule has 0 spiro atoms. The normalized spacial score (nSPS) is 13.1. The summed E-state index contributed by atoms with van der Waals surface area (Å²) in [6.07, 6.45) is 4.69. The summed E-state index contributed by atoms with van der Waals surface area (Å²) >= 11 is 16.7. The van der Waals surface area contributed by atoms with Gasteiger partial charge in [0.25, 0.3) is 0 Å². The highest BCUT2D eigenvalue weighted by atomic mass is 35.6. The second-order valence-electron chi connectivity index (χ2n) is 3.46. The largest absolute Gasteiger partial charge is 0.469 e. The van der Waals surface area contributed by atoms with Crippen molar-refractivity contribution in [1.29, 1.82) is 0 Å². The highest BCUT2D eigenvalue weighted by Gasteiger charge is 2.18. The van der Waals surface area contributed by atoms with Crippen molar-refractivity contribution in [2.45, 2.75) is 42.3 Å². The van der Waals surface area contributed by atoms with Gasteiger partial charge in [0, 0.05) is 0 Å².